The Hall–Kier alpha value is -1.18. The average Bonchev–Trinajstić information content (AvgIpc) is 2.97. The second-order valence-electron chi connectivity index (χ2n) is 4.99. The third kappa shape index (κ3) is 4.15. The number of halogens is 3. The maximum Gasteiger partial charge on any atom is 0.451 e. The van der Waals surface area contributed by atoms with E-state index in [4.69, 9.17) is 0 Å². The second kappa shape index (κ2) is 6.72. The van der Waals surface area contributed by atoms with Gasteiger partial charge in [0, 0.05) is 31.5 Å². The van der Waals surface area contributed by atoms with Crippen molar-refractivity contribution in [2.45, 2.75) is 32.0 Å². The molecule has 1 fully saturated rings. The standard InChI is InChI=1S/C13H19F3N4S/c1-3-5-17-10-7-11(19-12(18-10)13(14,15)16)20(2)9-4-6-21-8-9/h7,9H,3-6,8H2,1-2H3,(H,17,18,19). The van der Waals surface area contributed by atoms with E-state index in [0.29, 0.717) is 12.4 Å². The molecule has 1 aromatic heterocycles. The first-order chi connectivity index (χ1) is 9.91. The van der Waals surface area contributed by atoms with Crippen LogP contribution in [0, 0.1) is 0 Å². The quantitative estimate of drug-likeness (QED) is 0.902. The first-order valence-electron chi connectivity index (χ1n) is 6.92. The van der Waals surface area contributed by atoms with Crippen LogP contribution in [0.3, 0.4) is 0 Å². The number of aromatic nitrogens is 2. The van der Waals surface area contributed by atoms with Crippen LogP contribution >= 0.6 is 11.8 Å². The predicted octanol–water partition coefficient (Wildman–Crippen LogP) is 3.26. The number of hydrogen-bond acceptors (Lipinski definition) is 5. The lowest BCUT2D eigenvalue weighted by atomic mass is 10.2. The van der Waals surface area contributed by atoms with E-state index in [9.17, 15) is 13.2 Å². The van der Waals surface area contributed by atoms with E-state index in [0.717, 1.165) is 24.3 Å². The second-order valence-corrected chi connectivity index (χ2v) is 6.14. The minimum atomic E-state index is -4.54. The molecular weight excluding hydrogens is 301 g/mol. The molecule has 0 bridgehead atoms. The Balaban J connectivity index is 2.29. The Labute approximate surface area is 126 Å². The van der Waals surface area contributed by atoms with Crippen LogP contribution in [0.25, 0.3) is 0 Å². The molecule has 0 aromatic carbocycles. The number of nitrogens with zero attached hydrogens (tertiary/aromatic N) is 3. The summed E-state index contributed by atoms with van der Waals surface area (Å²) in [6.07, 6.45) is -2.76. The molecule has 1 N–H and O–H groups in total. The number of alkyl halides is 3. The van der Waals surface area contributed by atoms with Crippen LogP contribution in [0.1, 0.15) is 25.6 Å². The summed E-state index contributed by atoms with van der Waals surface area (Å²) >= 11 is 1.81. The van der Waals surface area contributed by atoms with Crippen LogP contribution in [-0.4, -0.2) is 41.1 Å². The van der Waals surface area contributed by atoms with Gasteiger partial charge in [-0.3, -0.25) is 0 Å². The molecule has 1 atom stereocenters. The molecule has 0 amide bonds. The Kier molecular flexibility index (Phi) is 5.18. The predicted molar refractivity (Wildman–Crippen MR) is 79.9 cm³/mol. The lowest BCUT2D eigenvalue weighted by Gasteiger charge is -2.25. The SMILES string of the molecule is CCCNc1cc(N(C)C2CCSC2)nc(C(F)(F)F)n1. The largest absolute Gasteiger partial charge is 0.451 e. The summed E-state index contributed by atoms with van der Waals surface area (Å²) in [6, 6.07) is 1.82. The van der Waals surface area contributed by atoms with Crippen molar-refractivity contribution in [3.8, 4) is 0 Å². The fourth-order valence-corrected chi connectivity index (χ4v) is 3.37. The molecule has 2 rings (SSSR count). The maximum absolute atomic E-state index is 12.9. The Morgan fingerprint density at radius 2 is 2.19 bits per heavy atom. The fraction of sp³-hybridized carbons (Fsp3) is 0.692. The van der Waals surface area contributed by atoms with Gasteiger partial charge in [0.2, 0.25) is 5.82 Å². The van der Waals surface area contributed by atoms with Crippen LogP contribution in [-0.2, 0) is 6.18 Å². The molecule has 8 heteroatoms. The smallest absolute Gasteiger partial charge is 0.370 e. The van der Waals surface area contributed by atoms with Crippen molar-refractivity contribution in [2.24, 2.45) is 0 Å². The molecule has 0 spiro atoms. The lowest BCUT2D eigenvalue weighted by Crippen LogP contribution is -2.32. The summed E-state index contributed by atoms with van der Waals surface area (Å²) in [4.78, 5) is 9.10. The molecule has 21 heavy (non-hydrogen) atoms. The van der Waals surface area contributed by atoms with Crippen molar-refractivity contribution in [2.75, 3.05) is 35.3 Å². The monoisotopic (exact) mass is 320 g/mol. The zero-order valence-corrected chi connectivity index (χ0v) is 12.9. The number of thioether (sulfide) groups is 1. The zero-order chi connectivity index (χ0) is 15.5. The molecule has 0 saturated carbocycles. The topological polar surface area (TPSA) is 41.0 Å². The van der Waals surface area contributed by atoms with Gasteiger partial charge in [0.15, 0.2) is 0 Å². The van der Waals surface area contributed by atoms with E-state index in [1.165, 1.54) is 0 Å². The summed E-state index contributed by atoms with van der Waals surface area (Å²) in [5.41, 5.74) is 0. The van der Waals surface area contributed by atoms with E-state index < -0.39 is 12.0 Å². The van der Waals surface area contributed by atoms with Crippen LogP contribution in [0.2, 0.25) is 0 Å². The lowest BCUT2D eigenvalue weighted by molar-refractivity contribution is -0.144. The molecule has 1 unspecified atom stereocenters. The van der Waals surface area contributed by atoms with Crippen molar-refractivity contribution >= 4 is 23.4 Å². The maximum atomic E-state index is 12.9. The number of rotatable bonds is 5. The molecule has 2 heterocycles. The van der Waals surface area contributed by atoms with E-state index in [1.54, 1.807) is 13.1 Å². The highest BCUT2D eigenvalue weighted by Gasteiger charge is 2.36. The minimum absolute atomic E-state index is 0.227. The molecule has 1 aliphatic heterocycles. The van der Waals surface area contributed by atoms with Crippen molar-refractivity contribution < 1.29 is 13.2 Å². The van der Waals surface area contributed by atoms with Crippen LogP contribution in [0.5, 0.6) is 0 Å². The highest BCUT2D eigenvalue weighted by molar-refractivity contribution is 7.99. The van der Waals surface area contributed by atoms with E-state index in [1.807, 2.05) is 23.6 Å². The van der Waals surface area contributed by atoms with E-state index >= 15 is 0 Å². The molecule has 1 saturated heterocycles. The highest BCUT2D eigenvalue weighted by atomic mass is 32.2. The molecule has 118 valence electrons. The van der Waals surface area contributed by atoms with Gasteiger partial charge < -0.3 is 10.2 Å². The highest BCUT2D eigenvalue weighted by Crippen LogP contribution is 2.31. The van der Waals surface area contributed by atoms with Crippen LogP contribution in [0.4, 0.5) is 24.8 Å². The normalized spacial score (nSPS) is 18.8. The van der Waals surface area contributed by atoms with E-state index in [-0.39, 0.29) is 11.9 Å². The summed E-state index contributed by atoms with van der Waals surface area (Å²) in [6.45, 7) is 2.53. The van der Waals surface area contributed by atoms with Gasteiger partial charge in [-0.1, -0.05) is 6.92 Å². The molecule has 1 aliphatic rings. The van der Waals surface area contributed by atoms with Crippen molar-refractivity contribution in [1.82, 2.24) is 9.97 Å². The Morgan fingerprint density at radius 3 is 2.76 bits per heavy atom. The molecule has 0 aliphatic carbocycles. The van der Waals surface area contributed by atoms with Crippen LogP contribution < -0.4 is 10.2 Å². The van der Waals surface area contributed by atoms with Gasteiger partial charge in [-0.05, 0) is 18.6 Å². The molecule has 4 nitrogen and oxygen atoms in total. The summed E-state index contributed by atoms with van der Waals surface area (Å²) in [5, 5.41) is 2.91. The molecule has 0 radical (unpaired) electrons. The van der Waals surface area contributed by atoms with Gasteiger partial charge in [-0.25, -0.2) is 9.97 Å². The number of anilines is 2. The van der Waals surface area contributed by atoms with Crippen molar-refractivity contribution in [3.63, 3.8) is 0 Å². The molecule has 1 aromatic rings. The fourth-order valence-electron chi connectivity index (χ4n) is 2.10. The average molecular weight is 320 g/mol. The van der Waals surface area contributed by atoms with Crippen molar-refractivity contribution in [3.05, 3.63) is 11.9 Å². The number of nitrogens with one attached hydrogen (secondary N) is 1. The van der Waals surface area contributed by atoms with Gasteiger partial charge in [0.25, 0.3) is 0 Å². The van der Waals surface area contributed by atoms with Crippen molar-refractivity contribution in [1.29, 1.82) is 0 Å². The summed E-state index contributed by atoms with van der Waals surface area (Å²) in [7, 11) is 1.79. The van der Waals surface area contributed by atoms with Gasteiger partial charge in [0.1, 0.15) is 11.6 Å². The third-order valence-electron chi connectivity index (χ3n) is 3.34. The van der Waals surface area contributed by atoms with Gasteiger partial charge >= 0.3 is 6.18 Å². The minimum Gasteiger partial charge on any atom is -0.370 e. The van der Waals surface area contributed by atoms with Crippen LogP contribution in [0.15, 0.2) is 6.07 Å². The zero-order valence-electron chi connectivity index (χ0n) is 12.1. The molecular formula is C13H19F3N4S. The summed E-state index contributed by atoms with van der Waals surface area (Å²) in [5.74, 6) is 1.42. The van der Waals surface area contributed by atoms with Gasteiger partial charge in [-0.15, -0.1) is 0 Å². The van der Waals surface area contributed by atoms with Gasteiger partial charge in [-0.2, -0.15) is 24.9 Å². The van der Waals surface area contributed by atoms with Gasteiger partial charge in [0.05, 0.1) is 0 Å². The van der Waals surface area contributed by atoms with E-state index in [2.05, 4.69) is 15.3 Å². The third-order valence-corrected chi connectivity index (χ3v) is 4.48. The first kappa shape index (κ1) is 16.2. The Morgan fingerprint density at radius 1 is 1.43 bits per heavy atom. The Bertz CT molecular complexity index is 475. The first-order valence-corrected chi connectivity index (χ1v) is 8.08. The number of hydrogen-bond donors (Lipinski definition) is 1. The summed E-state index contributed by atoms with van der Waals surface area (Å²) < 4.78 is 38.8.